The number of Topliss-reactive ketones (excluding diaryl/α,β-unsaturated/α-hetero) is 3. The molecular weight excluding hydrogens is 1120 g/mol. The summed E-state index contributed by atoms with van der Waals surface area (Å²) >= 11 is 0. The number of aromatic amines is 1. The molecule has 3 aromatic rings. The van der Waals surface area contributed by atoms with E-state index in [0.717, 1.165) is 53.5 Å². The molecule has 17 N–H and O–H groups in total. The van der Waals surface area contributed by atoms with Crippen molar-refractivity contribution in [3.8, 4) is 5.75 Å². The molecule has 478 valence electrons. The van der Waals surface area contributed by atoms with Gasteiger partial charge < -0.3 is 74.7 Å². The highest BCUT2D eigenvalue weighted by Crippen LogP contribution is 2.30. The number of aliphatic hydroxyl groups excluding tert-OH is 2. The molecule has 0 spiro atoms. The number of phenolic OH excluding ortho intramolecular Hbond substituents is 1. The first-order valence-corrected chi connectivity index (χ1v) is 30.4. The molecule has 2 aromatic carbocycles. The van der Waals surface area contributed by atoms with Gasteiger partial charge in [-0.3, -0.25) is 48.1 Å². The van der Waals surface area contributed by atoms with Gasteiger partial charge in [0.05, 0.1) is 24.2 Å². The average Bonchev–Trinajstić information content (AvgIpc) is 2.14. The number of carbonyl (C=O) groups excluding carboxylic acids is 10. The summed E-state index contributed by atoms with van der Waals surface area (Å²) in [5, 5.41) is 45.5. The minimum Gasteiger partial charge on any atom is -0.508 e. The lowest BCUT2D eigenvalue weighted by Gasteiger charge is -2.30. The summed E-state index contributed by atoms with van der Waals surface area (Å²) in [4.78, 5) is 145. The van der Waals surface area contributed by atoms with Crippen LogP contribution in [-0.2, 0) is 56.0 Å². The molecule has 1 saturated carbocycles. The molecule has 1 aliphatic heterocycles. The summed E-state index contributed by atoms with van der Waals surface area (Å²) in [6, 6.07) is 6.24. The number of para-hydroxylation sites is 1. The van der Waals surface area contributed by atoms with E-state index in [-0.39, 0.29) is 86.7 Å². The number of unbranched alkanes of at least 4 members (excludes halogenated alkanes) is 1. The van der Waals surface area contributed by atoms with Gasteiger partial charge in [-0.05, 0) is 86.6 Å². The first-order chi connectivity index (χ1) is 41.3. The Hall–Kier alpha value is -7.93. The Kier molecular flexibility index (Phi) is 27.6. The van der Waals surface area contributed by atoms with Crippen molar-refractivity contribution >= 4 is 75.7 Å². The molecule has 0 radical (unpaired) electrons. The normalized spacial score (nSPS) is 18.0. The highest BCUT2D eigenvalue weighted by molar-refractivity contribution is 5.98. The second-order valence-corrected chi connectivity index (χ2v) is 24.0. The van der Waals surface area contributed by atoms with Crippen LogP contribution in [0.2, 0.25) is 0 Å². The first-order valence-electron chi connectivity index (χ1n) is 30.4. The molecule has 0 unspecified atom stereocenters. The highest BCUT2D eigenvalue weighted by Gasteiger charge is 2.43. The van der Waals surface area contributed by atoms with Gasteiger partial charge in [-0.1, -0.05) is 82.7 Å². The van der Waals surface area contributed by atoms with Gasteiger partial charge in [-0.15, -0.1) is 0 Å². The summed E-state index contributed by atoms with van der Waals surface area (Å²) < 4.78 is 0. The summed E-state index contributed by atoms with van der Waals surface area (Å²) in [6.45, 7) is 5.85. The molecule has 5 rings (SSSR count). The number of amides is 8. The van der Waals surface area contributed by atoms with E-state index in [4.69, 9.17) is 22.9 Å². The molecule has 2 aliphatic rings. The van der Waals surface area contributed by atoms with Crippen molar-refractivity contribution in [1.29, 1.82) is 0 Å². The number of nitrogens with two attached hydrogens (primary N) is 4. The smallest absolute Gasteiger partial charge is 0.312 e. The van der Waals surface area contributed by atoms with Crippen LogP contribution in [0.3, 0.4) is 0 Å². The van der Waals surface area contributed by atoms with E-state index in [0.29, 0.717) is 44.1 Å². The van der Waals surface area contributed by atoms with E-state index in [1.807, 2.05) is 38.1 Å². The van der Waals surface area contributed by atoms with E-state index in [9.17, 15) is 63.3 Å². The van der Waals surface area contributed by atoms with E-state index in [1.165, 1.54) is 26.0 Å². The lowest BCUT2D eigenvalue weighted by molar-refractivity contribution is -0.142. The van der Waals surface area contributed by atoms with Crippen LogP contribution in [0, 0.1) is 29.6 Å². The van der Waals surface area contributed by atoms with Crippen LogP contribution in [-0.4, -0.2) is 152 Å². The number of guanidine groups is 1. The molecule has 1 saturated heterocycles. The number of rotatable bonds is 36. The summed E-state index contributed by atoms with van der Waals surface area (Å²) in [5.74, 6) is -8.14. The Morgan fingerprint density at radius 3 is 2.06 bits per heavy atom. The molecule has 10 atom stereocenters. The highest BCUT2D eigenvalue weighted by atomic mass is 16.3. The lowest BCUT2D eigenvalue weighted by Crippen LogP contribution is -2.57. The third kappa shape index (κ3) is 22.7. The number of hydrogen-bond donors (Lipinski definition) is 13. The number of primary amides is 2. The number of carbonyl (C=O) groups is 10. The zero-order chi connectivity index (χ0) is 63.9. The number of β-amino-alcohol motifs (C(OH)–C–C–N with tert-alkyl or cyclic N) is 1. The molecular formula is C62H92N12O13. The fourth-order valence-corrected chi connectivity index (χ4v) is 11.8. The number of aliphatic hydroxyl groups is 2. The Bertz CT molecular complexity index is 2870. The van der Waals surface area contributed by atoms with Crippen LogP contribution < -0.4 is 49.5 Å². The second kappa shape index (κ2) is 34.4. The molecule has 2 fully saturated rings. The van der Waals surface area contributed by atoms with E-state index in [1.54, 1.807) is 18.3 Å². The van der Waals surface area contributed by atoms with Crippen molar-refractivity contribution in [3.63, 3.8) is 0 Å². The number of nitrogens with one attached hydrogen (secondary N) is 6. The van der Waals surface area contributed by atoms with E-state index in [2.05, 4.69) is 36.6 Å². The number of phenols is 1. The quantitative estimate of drug-likeness (QED) is 0.0225. The molecule has 8 amide bonds. The number of likely N-dealkylation sites (tertiary alicyclic amines) is 1. The Labute approximate surface area is 508 Å². The average molecular weight is 1210 g/mol. The molecule has 0 bridgehead atoms. The zero-order valence-electron chi connectivity index (χ0n) is 50.6. The van der Waals surface area contributed by atoms with Crippen LogP contribution in [0.5, 0.6) is 5.75 Å². The third-order valence-corrected chi connectivity index (χ3v) is 16.5. The number of H-pyrrole nitrogens is 1. The maximum absolute atomic E-state index is 14.3. The van der Waals surface area contributed by atoms with Crippen molar-refractivity contribution in [2.75, 3.05) is 19.6 Å². The first kappa shape index (κ1) is 69.8. The standard InChI is InChI=1S/C62H92N12O13/c1-35(2)25-40(54(80)29-41(16-12-24-67-61(64)65)57(83)72-49(56(63)82)28-42-32-68-47-18-10-9-17-45(42)47)15-8-11-19-53(79)48(26-38-13-6-5-7-14-38)71-58(84)46(36(3)75)31-55(81)51(33-69-62(66)87)73-59(85)52-30-44(78)34-74(52)60(86)50(70-37(4)76)27-39-20-22-43(77)23-21-39/h9-10,17-18,20-23,32,35-36,38,40-41,44,46,48-52,68,75,77-78H,5-8,11-16,19,24-31,33-34H2,1-4H3,(H2,63,82)(H,70,76)(H,71,84)(H,72,83)(H,73,85)(H4,64,65,67)(H3,66,69,87)/t36-,40+,41-,44-,46+,48+,49+,50-,51+,52+/m1/s1. The van der Waals surface area contributed by atoms with Gasteiger partial charge in [-0.25, -0.2) is 4.79 Å². The van der Waals surface area contributed by atoms with Gasteiger partial charge in [0.25, 0.3) is 0 Å². The fraction of sp³-hybridized carbons (Fsp3) is 0.597. The Morgan fingerprint density at radius 1 is 0.736 bits per heavy atom. The fourth-order valence-electron chi connectivity index (χ4n) is 11.8. The number of nitrogens with zero attached hydrogens (tertiary/aromatic N) is 2. The van der Waals surface area contributed by atoms with Crippen molar-refractivity contribution < 1.29 is 63.3 Å². The lowest BCUT2D eigenvalue weighted by atomic mass is 9.82. The van der Waals surface area contributed by atoms with Crippen molar-refractivity contribution in [2.24, 2.45) is 57.5 Å². The number of aromatic nitrogens is 1. The predicted molar refractivity (Wildman–Crippen MR) is 326 cm³/mol. The Balaban J connectivity index is 1.25. The van der Waals surface area contributed by atoms with Gasteiger partial charge in [0.15, 0.2) is 17.5 Å². The number of aromatic hydroxyl groups is 1. The van der Waals surface area contributed by atoms with Gasteiger partial charge >= 0.3 is 6.03 Å². The van der Waals surface area contributed by atoms with Crippen molar-refractivity contribution in [1.82, 2.24) is 36.5 Å². The van der Waals surface area contributed by atoms with E-state index < -0.39 is 120 Å². The summed E-state index contributed by atoms with van der Waals surface area (Å²) in [6.07, 6.45) is 5.42. The number of fused-ring (bicyclic) bond motifs is 1. The maximum Gasteiger partial charge on any atom is 0.312 e. The predicted octanol–water partition coefficient (Wildman–Crippen LogP) is 2.08. The van der Waals surface area contributed by atoms with Crippen LogP contribution in [0.1, 0.15) is 142 Å². The van der Waals surface area contributed by atoms with E-state index >= 15 is 0 Å². The van der Waals surface area contributed by atoms with Gasteiger partial charge in [-0.2, -0.15) is 0 Å². The monoisotopic (exact) mass is 1210 g/mol. The third-order valence-electron chi connectivity index (χ3n) is 16.5. The maximum atomic E-state index is 14.3. The largest absolute Gasteiger partial charge is 0.508 e. The van der Waals surface area contributed by atoms with Crippen LogP contribution in [0.15, 0.2) is 59.7 Å². The van der Waals surface area contributed by atoms with Crippen molar-refractivity contribution in [2.45, 2.75) is 186 Å². The molecule has 1 aliphatic carbocycles. The molecule has 25 nitrogen and oxygen atoms in total. The second-order valence-electron chi connectivity index (χ2n) is 24.0. The summed E-state index contributed by atoms with van der Waals surface area (Å²) in [7, 11) is 0. The topological polar surface area (TPSA) is 427 Å². The van der Waals surface area contributed by atoms with Gasteiger partial charge in [0.1, 0.15) is 35.7 Å². The van der Waals surface area contributed by atoms with Crippen LogP contribution in [0.25, 0.3) is 10.9 Å². The number of urea groups is 1. The number of ketones is 3. The molecule has 87 heavy (non-hydrogen) atoms. The zero-order valence-corrected chi connectivity index (χ0v) is 50.6. The molecule has 2 heterocycles. The Morgan fingerprint density at radius 2 is 1.41 bits per heavy atom. The van der Waals surface area contributed by atoms with Crippen molar-refractivity contribution in [3.05, 3.63) is 65.9 Å². The number of aliphatic imine (C=N–C) groups is 1. The van der Waals surface area contributed by atoms with Gasteiger partial charge in [0.2, 0.25) is 35.4 Å². The van der Waals surface area contributed by atoms with Gasteiger partial charge in [0, 0.05) is 94.0 Å². The van der Waals surface area contributed by atoms with Crippen LogP contribution >= 0.6 is 0 Å². The summed E-state index contributed by atoms with van der Waals surface area (Å²) in [5.41, 5.74) is 24.5. The minimum atomic E-state index is -1.56. The molecule has 25 heteroatoms. The number of benzene rings is 2. The van der Waals surface area contributed by atoms with Crippen LogP contribution in [0.4, 0.5) is 4.79 Å². The number of hydrogen-bond acceptors (Lipinski definition) is 14. The SMILES string of the molecule is CC(=O)N[C@H](Cc1ccc(O)cc1)C(=O)N1C[C@H](O)C[C@H]1C(=O)N[C@@H](CNC(N)=O)C(=O)C[C@H](C(=O)N[C@@H](CC1CCCCC1)C(=O)CCCC[C@@H](CC(C)C)C(=O)C[C@@H](CCCN=C(N)N)C(=O)N[C@@H](Cc1c[nH]c2ccccc12)C(N)=O)[C@@H](C)O. The molecule has 1 aromatic heterocycles. The minimum absolute atomic E-state index is 0.0206.